The van der Waals surface area contributed by atoms with Crippen molar-refractivity contribution in [1.29, 1.82) is 0 Å². The summed E-state index contributed by atoms with van der Waals surface area (Å²) >= 11 is 0. The Morgan fingerprint density at radius 3 is 2.56 bits per heavy atom. The van der Waals surface area contributed by atoms with Gasteiger partial charge in [-0.15, -0.1) is 0 Å². The SMILES string of the molecule is CCC(C)OCC(C)=O. The highest BCUT2D eigenvalue weighted by molar-refractivity contribution is 5.76. The number of ether oxygens (including phenoxy) is 1. The van der Waals surface area contributed by atoms with Gasteiger partial charge in [0.1, 0.15) is 6.61 Å². The zero-order chi connectivity index (χ0) is 7.28. The van der Waals surface area contributed by atoms with Gasteiger partial charge in [-0.1, -0.05) is 6.92 Å². The number of Topliss-reactive ketones (excluding diaryl/α,β-unsaturated/α-hetero) is 1. The molecule has 0 saturated heterocycles. The van der Waals surface area contributed by atoms with Crippen LogP contribution >= 0.6 is 0 Å². The van der Waals surface area contributed by atoms with Crippen LogP contribution in [0.1, 0.15) is 27.2 Å². The molecule has 0 aromatic carbocycles. The summed E-state index contributed by atoms with van der Waals surface area (Å²) in [6.45, 7) is 5.78. The van der Waals surface area contributed by atoms with E-state index < -0.39 is 0 Å². The molecule has 0 rings (SSSR count). The summed E-state index contributed by atoms with van der Waals surface area (Å²) in [4.78, 5) is 10.3. The highest BCUT2D eigenvalue weighted by Gasteiger charge is 1.98. The van der Waals surface area contributed by atoms with E-state index in [9.17, 15) is 4.79 Å². The van der Waals surface area contributed by atoms with Crippen molar-refractivity contribution in [1.82, 2.24) is 0 Å². The van der Waals surface area contributed by atoms with Crippen molar-refractivity contribution in [2.75, 3.05) is 6.61 Å². The van der Waals surface area contributed by atoms with E-state index in [0.717, 1.165) is 6.42 Å². The fraction of sp³-hybridized carbons (Fsp3) is 0.857. The van der Waals surface area contributed by atoms with Crippen molar-refractivity contribution in [3.8, 4) is 0 Å². The Kier molecular flexibility index (Phi) is 4.32. The van der Waals surface area contributed by atoms with Crippen LogP contribution in [0.4, 0.5) is 0 Å². The summed E-state index contributed by atoms with van der Waals surface area (Å²) in [6.07, 6.45) is 1.18. The zero-order valence-electron chi connectivity index (χ0n) is 6.31. The van der Waals surface area contributed by atoms with Crippen LogP contribution < -0.4 is 0 Å². The fourth-order valence-electron chi connectivity index (χ4n) is 0.377. The lowest BCUT2D eigenvalue weighted by Crippen LogP contribution is -2.12. The lowest BCUT2D eigenvalue weighted by molar-refractivity contribution is -0.123. The zero-order valence-corrected chi connectivity index (χ0v) is 6.31. The van der Waals surface area contributed by atoms with Crippen molar-refractivity contribution in [2.45, 2.75) is 33.3 Å². The Morgan fingerprint density at radius 1 is 1.67 bits per heavy atom. The lowest BCUT2D eigenvalue weighted by Gasteiger charge is -2.07. The smallest absolute Gasteiger partial charge is 0.155 e. The summed E-state index contributed by atoms with van der Waals surface area (Å²) in [5.41, 5.74) is 0. The maximum atomic E-state index is 10.3. The van der Waals surface area contributed by atoms with Crippen molar-refractivity contribution in [3.63, 3.8) is 0 Å². The second kappa shape index (κ2) is 4.50. The molecule has 0 radical (unpaired) electrons. The molecule has 0 bridgehead atoms. The third-order valence-corrected chi connectivity index (χ3v) is 1.15. The first-order valence-electron chi connectivity index (χ1n) is 3.27. The van der Waals surface area contributed by atoms with Crippen molar-refractivity contribution >= 4 is 5.78 Å². The molecule has 0 aliphatic rings. The van der Waals surface area contributed by atoms with Gasteiger partial charge >= 0.3 is 0 Å². The Hall–Kier alpha value is -0.370. The van der Waals surface area contributed by atoms with E-state index in [1.54, 1.807) is 0 Å². The number of hydrogen-bond donors (Lipinski definition) is 0. The minimum absolute atomic E-state index is 0.0929. The molecule has 0 aliphatic heterocycles. The van der Waals surface area contributed by atoms with Crippen molar-refractivity contribution in [3.05, 3.63) is 0 Å². The van der Waals surface area contributed by atoms with Gasteiger partial charge in [-0.2, -0.15) is 0 Å². The van der Waals surface area contributed by atoms with Crippen LogP contribution in [-0.2, 0) is 9.53 Å². The average Bonchev–Trinajstić information content (AvgIpc) is 1.83. The summed E-state index contributed by atoms with van der Waals surface area (Å²) in [5.74, 6) is 0.0929. The van der Waals surface area contributed by atoms with E-state index in [1.165, 1.54) is 6.92 Å². The van der Waals surface area contributed by atoms with Gasteiger partial charge in [0.2, 0.25) is 0 Å². The number of hydrogen-bond acceptors (Lipinski definition) is 2. The van der Waals surface area contributed by atoms with Gasteiger partial charge < -0.3 is 4.74 Å². The van der Waals surface area contributed by atoms with E-state index in [4.69, 9.17) is 4.74 Å². The molecule has 0 fully saturated rings. The maximum Gasteiger partial charge on any atom is 0.155 e. The second-order valence-electron chi connectivity index (χ2n) is 2.23. The second-order valence-corrected chi connectivity index (χ2v) is 2.23. The van der Waals surface area contributed by atoms with Crippen LogP contribution in [0.15, 0.2) is 0 Å². The molecule has 0 N–H and O–H groups in total. The largest absolute Gasteiger partial charge is 0.371 e. The molecule has 1 unspecified atom stereocenters. The van der Waals surface area contributed by atoms with Gasteiger partial charge in [-0.3, -0.25) is 4.79 Å². The molecular formula is C7H14O2. The molecule has 0 saturated carbocycles. The first-order chi connectivity index (χ1) is 4.16. The predicted molar refractivity (Wildman–Crippen MR) is 36.4 cm³/mol. The molecule has 54 valence electrons. The highest BCUT2D eigenvalue weighted by atomic mass is 16.5. The molecule has 0 amide bonds. The summed E-state index contributed by atoms with van der Waals surface area (Å²) in [7, 11) is 0. The van der Waals surface area contributed by atoms with E-state index in [1.807, 2.05) is 13.8 Å². The Bertz CT molecular complexity index is 88.9. The van der Waals surface area contributed by atoms with Crippen molar-refractivity contribution < 1.29 is 9.53 Å². The standard InChI is InChI=1S/C7H14O2/c1-4-7(3)9-5-6(2)8/h7H,4-5H2,1-3H3. The fourth-order valence-corrected chi connectivity index (χ4v) is 0.377. The number of ketones is 1. The van der Waals surface area contributed by atoms with Gasteiger partial charge in [-0.25, -0.2) is 0 Å². The Morgan fingerprint density at radius 2 is 2.22 bits per heavy atom. The minimum Gasteiger partial charge on any atom is -0.371 e. The van der Waals surface area contributed by atoms with Crippen LogP contribution in [-0.4, -0.2) is 18.5 Å². The van der Waals surface area contributed by atoms with Crippen molar-refractivity contribution in [2.24, 2.45) is 0 Å². The van der Waals surface area contributed by atoms with E-state index in [2.05, 4.69) is 0 Å². The summed E-state index contributed by atoms with van der Waals surface area (Å²) < 4.78 is 5.10. The molecule has 9 heavy (non-hydrogen) atoms. The van der Waals surface area contributed by atoms with Gasteiger partial charge in [-0.05, 0) is 20.3 Å². The molecule has 2 heteroatoms. The number of carbonyl (C=O) groups excluding carboxylic acids is 1. The van der Waals surface area contributed by atoms with E-state index in [0.29, 0.717) is 0 Å². The molecule has 0 aliphatic carbocycles. The lowest BCUT2D eigenvalue weighted by atomic mass is 10.3. The van der Waals surface area contributed by atoms with Crippen LogP contribution in [0.3, 0.4) is 0 Å². The van der Waals surface area contributed by atoms with Crippen LogP contribution in [0.25, 0.3) is 0 Å². The minimum atomic E-state index is 0.0929. The van der Waals surface area contributed by atoms with E-state index >= 15 is 0 Å². The average molecular weight is 130 g/mol. The first-order valence-corrected chi connectivity index (χ1v) is 3.27. The van der Waals surface area contributed by atoms with Crippen LogP contribution in [0.5, 0.6) is 0 Å². The molecule has 1 atom stereocenters. The topological polar surface area (TPSA) is 26.3 Å². The molecule has 0 heterocycles. The summed E-state index contributed by atoms with van der Waals surface area (Å²) in [5, 5.41) is 0. The van der Waals surface area contributed by atoms with Gasteiger partial charge in [0.25, 0.3) is 0 Å². The molecule has 2 nitrogen and oxygen atoms in total. The Labute approximate surface area is 56.2 Å². The molecular weight excluding hydrogens is 116 g/mol. The predicted octanol–water partition coefficient (Wildman–Crippen LogP) is 1.39. The first kappa shape index (κ1) is 8.63. The number of carbonyl (C=O) groups is 1. The third kappa shape index (κ3) is 5.50. The van der Waals surface area contributed by atoms with Gasteiger partial charge in [0.05, 0.1) is 6.10 Å². The third-order valence-electron chi connectivity index (χ3n) is 1.15. The molecule has 0 aromatic heterocycles. The van der Waals surface area contributed by atoms with Crippen LogP contribution in [0, 0.1) is 0 Å². The molecule has 0 spiro atoms. The van der Waals surface area contributed by atoms with E-state index in [-0.39, 0.29) is 18.5 Å². The molecule has 0 aromatic rings. The maximum absolute atomic E-state index is 10.3. The summed E-state index contributed by atoms with van der Waals surface area (Å²) in [6, 6.07) is 0. The normalized spacial score (nSPS) is 13.2. The number of rotatable bonds is 4. The van der Waals surface area contributed by atoms with Gasteiger partial charge in [0, 0.05) is 0 Å². The quantitative estimate of drug-likeness (QED) is 0.574. The van der Waals surface area contributed by atoms with Gasteiger partial charge in [0.15, 0.2) is 5.78 Å². The monoisotopic (exact) mass is 130 g/mol. The Balaban J connectivity index is 3.16. The van der Waals surface area contributed by atoms with Crippen LogP contribution in [0.2, 0.25) is 0 Å². The highest BCUT2D eigenvalue weighted by Crippen LogP contribution is 1.94.